The van der Waals surface area contributed by atoms with Crippen LogP contribution < -0.4 is 10.2 Å². The first-order valence-electron chi connectivity index (χ1n) is 7.82. The van der Waals surface area contributed by atoms with Gasteiger partial charge < -0.3 is 4.74 Å². The first kappa shape index (κ1) is 18.1. The highest BCUT2D eigenvalue weighted by molar-refractivity contribution is 7.89. The van der Waals surface area contributed by atoms with E-state index in [9.17, 15) is 13.2 Å². The van der Waals surface area contributed by atoms with Crippen molar-refractivity contribution < 1.29 is 23.2 Å². The Morgan fingerprint density at radius 3 is 2.50 bits per heavy atom. The van der Waals surface area contributed by atoms with Crippen LogP contribution in [0.2, 0.25) is 0 Å². The fraction of sp³-hybridized carbons (Fsp3) is 0.167. The molecule has 7 nitrogen and oxygen atoms in total. The van der Waals surface area contributed by atoms with Crippen LogP contribution in [0.25, 0.3) is 6.08 Å². The fourth-order valence-corrected chi connectivity index (χ4v) is 4.16. The third-order valence-corrected chi connectivity index (χ3v) is 5.96. The van der Waals surface area contributed by atoms with Gasteiger partial charge in [0.25, 0.3) is 5.91 Å². The number of nitrogens with one attached hydrogen (secondary N) is 1. The topological polar surface area (TPSA) is 95.9 Å². The average Bonchev–Trinajstić information content (AvgIpc) is 3.10. The van der Waals surface area contributed by atoms with Crippen LogP contribution in [0.4, 0.5) is 0 Å². The lowest BCUT2D eigenvalue weighted by Crippen LogP contribution is -2.25. The monoisotopic (exact) mass is 374 g/mol. The molecule has 1 aliphatic heterocycles. The molecule has 2 aromatic rings. The van der Waals surface area contributed by atoms with Gasteiger partial charge in [0.2, 0.25) is 10.0 Å². The van der Waals surface area contributed by atoms with Crippen molar-refractivity contribution in [2.24, 2.45) is 0 Å². The van der Waals surface area contributed by atoms with Crippen LogP contribution >= 0.6 is 0 Å². The van der Waals surface area contributed by atoms with Crippen LogP contribution in [-0.2, 0) is 27.9 Å². The normalized spacial score (nSPS) is 14.4. The van der Waals surface area contributed by atoms with Gasteiger partial charge in [-0.15, -0.1) is 0 Å². The van der Waals surface area contributed by atoms with Crippen LogP contribution in [0.15, 0.2) is 53.4 Å². The second-order valence-corrected chi connectivity index (χ2v) is 7.72. The van der Waals surface area contributed by atoms with Crippen LogP contribution in [0, 0.1) is 0 Å². The van der Waals surface area contributed by atoms with Crippen LogP contribution in [0.1, 0.15) is 16.7 Å². The van der Waals surface area contributed by atoms with Crippen LogP contribution in [-0.4, -0.2) is 30.9 Å². The van der Waals surface area contributed by atoms with Gasteiger partial charge in [0.05, 0.1) is 12.0 Å². The number of sulfonamides is 1. The lowest BCUT2D eigenvalue weighted by Gasteiger charge is -2.15. The molecule has 136 valence electrons. The molecular formula is C18H18N2O5S. The standard InChI is InChI=1S/C18H18N2O5S/c1-25-16-5-7-17(8-6-16)26(23,24)20-11-14-4-2-13(10-15(14)12-20)3-9-18(21)19-22/h2-10,22H,11-12H2,1H3,(H,19,21)/b9-3+. The minimum atomic E-state index is -3.61. The molecule has 0 unspecified atom stereocenters. The van der Waals surface area contributed by atoms with E-state index in [0.717, 1.165) is 16.7 Å². The molecular weight excluding hydrogens is 356 g/mol. The molecule has 3 rings (SSSR count). The summed E-state index contributed by atoms with van der Waals surface area (Å²) < 4.78 is 32.1. The van der Waals surface area contributed by atoms with Crippen molar-refractivity contribution in [1.29, 1.82) is 0 Å². The number of hydrogen-bond donors (Lipinski definition) is 2. The quantitative estimate of drug-likeness (QED) is 0.474. The Morgan fingerprint density at radius 2 is 1.85 bits per heavy atom. The van der Waals surface area contributed by atoms with Crippen molar-refractivity contribution in [2.75, 3.05) is 7.11 Å². The van der Waals surface area contributed by atoms with Gasteiger partial charge in [0, 0.05) is 19.2 Å². The SMILES string of the molecule is COc1ccc(S(=O)(=O)N2Cc3ccc(/C=C/C(=O)NO)cc3C2)cc1. The number of hydroxylamine groups is 1. The number of methoxy groups -OCH3 is 1. The first-order chi connectivity index (χ1) is 12.4. The van der Waals surface area contributed by atoms with Crippen molar-refractivity contribution in [3.05, 3.63) is 65.2 Å². The van der Waals surface area contributed by atoms with Crippen molar-refractivity contribution in [3.8, 4) is 5.75 Å². The van der Waals surface area contributed by atoms with Gasteiger partial charge in [-0.2, -0.15) is 4.31 Å². The molecule has 0 fully saturated rings. The molecule has 0 aliphatic carbocycles. The Hall–Kier alpha value is -2.68. The summed E-state index contributed by atoms with van der Waals surface area (Å²) in [5, 5.41) is 8.50. The number of rotatable bonds is 5. The Bertz CT molecular complexity index is 952. The van der Waals surface area contributed by atoms with E-state index >= 15 is 0 Å². The summed E-state index contributed by atoms with van der Waals surface area (Å²) in [5.41, 5.74) is 4.07. The summed E-state index contributed by atoms with van der Waals surface area (Å²) in [7, 11) is -2.09. The van der Waals surface area contributed by atoms with E-state index in [1.54, 1.807) is 24.3 Å². The van der Waals surface area contributed by atoms with Gasteiger partial charge in [0.1, 0.15) is 5.75 Å². The maximum absolute atomic E-state index is 12.8. The van der Waals surface area contributed by atoms with Crippen LogP contribution in [0.3, 0.4) is 0 Å². The zero-order valence-corrected chi connectivity index (χ0v) is 14.9. The van der Waals surface area contributed by atoms with E-state index in [1.165, 1.54) is 35.1 Å². The number of fused-ring (bicyclic) bond motifs is 1. The summed E-state index contributed by atoms with van der Waals surface area (Å²) in [5.74, 6) is -0.0359. The van der Waals surface area contributed by atoms with Gasteiger partial charge in [-0.05, 0) is 47.0 Å². The molecule has 2 N–H and O–H groups in total. The second kappa shape index (κ2) is 7.28. The van der Waals surface area contributed by atoms with E-state index < -0.39 is 15.9 Å². The highest BCUT2D eigenvalue weighted by Crippen LogP contribution is 2.30. The minimum absolute atomic E-state index is 0.214. The highest BCUT2D eigenvalue weighted by atomic mass is 32.2. The average molecular weight is 374 g/mol. The molecule has 1 amide bonds. The lowest BCUT2D eigenvalue weighted by molar-refractivity contribution is -0.124. The van der Waals surface area contributed by atoms with E-state index in [2.05, 4.69) is 0 Å². The van der Waals surface area contributed by atoms with Gasteiger partial charge >= 0.3 is 0 Å². The number of hydrogen-bond acceptors (Lipinski definition) is 5. The molecule has 0 radical (unpaired) electrons. The molecule has 0 saturated heterocycles. The van der Waals surface area contributed by atoms with Crippen molar-refractivity contribution in [1.82, 2.24) is 9.79 Å². The number of carbonyl (C=O) groups excluding carboxylic acids is 1. The number of benzene rings is 2. The van der Waals surface area contributed by atoms with Crippen molar-refractivity contribution in [3.63, 3.8) is 0 Å². The number of ether oxygens (including phenoxy) is 1. The molecule has 1 heterocycles. The summed E-state index contributed by atoms with van der Waals surface area (Å²) in [6.45, 7) is 0.558. The predicted octanol–water partition coefficient (Wildman–Crippen LogP) is 1.92. The van der Waals surface area contributed by atoms with Gasteiger partial charge in [-0.1, -0.05) is 18.2 Å². The lowest BCUT2D eigenvalue weighted by atomic mass is 10.1. The molecule has 0 saturated carbocycles. The molecule has 0 atom stereocenters. The molecule has 1 aliphatic rings. The third kappa shape index (κ3) is 3.62. The summed E-state index contributed by atoms with van der Waals surface area (Å²) in [6.07, 6.45) is 2.75. The second-order valence-electron chi connectivity index (χ2n) is 5.79. The van der Waals surface area contributed by atoms with E-state index in [0.29, 0.717) is 12.3 Å². The minimum Gasteiger partial charge on any atom is -0.497 e. The smallest absolute Gasteiger partial charge is 0.267 e. The molecule has 8 heteroatoms. The maximum atomic E-state index is 12.8. The predicted molar refractivity (Wildman–Crippen MR) is 94.8 cm³/mol. The van der Waals surface area contributed by atoms with Gasteiger partial charge in [-0.25, -0.2) is 13.9 Å². The summed E-state index contributed by atoms with van der Waals surface area (Å²) in [6, 6.07) is 11.8. The zero-order valence-electron chi connectivity index (χ0n) is 14.0. The Balaban J connectivity index is 1.81. The van der Waals surface area contributed by atoms with Crippen molar-refractivity contribution >= 4 is 22.0 Å². The Kier molecular flexibility index (Phi) is 5.08. The summed E-state index contributed by atoms with van der Waals surface area (Å²) in [4.78, 5) is 11.3. The molecule has 0 bridgehead atoms. The van der Waals surface area contributed by atoms with Crippen LogP contribution in [0.5, 0.6) is 5.75 Å². The molecule has 0 spiro atoms. The first-order valence-corrected chi connectivity index (χ1v) is 9.26. The largest absolute Gasteiger partial charge is 0.497 e. The van der Waals surface area contributed by atoms with Gasteiger partial charge in [-0.3, -0.25) is 10.0 Å². The maximum Gasteiger partial charge on any atom is 0.267 e. The third-order valence-electron chi connectivity index (χ3n) is 4.16. The van der Waals surface area contributed by atoms with E-state index in [-0.39, 0.29) is 11.4 Å². The Labute approximate surface area is 151 Å². The fourth-order valence-electron chi connectivity index (χ4n) is 2.76. The number of nitrogens with zero attached hydrogens (tertiary/aromatic N) is 1. The molecule has 2 aromatic carbocycles. The van der Waals surface area contributed by atoms with Crippen molar-refractivity contribution in [2.45, 2.75) is 18.0 Å². The summed E-state index contributed by atoms with van der Waals surface area (Å²) >= 11 is 0. The number of carbonyl (C=O) groups is 1. The van der Waals surface area contributed by atoms with E-state index in [4.69, 9.17) is 9.94 Å². The zero-order chi connectivity index (χ0) is 18.7. The molecule has 26 heavy (non-hydrogen) atoms. The van der Waals surface area contributed by atoms with Gasteiger partial charge in [0.15, 0.2) is 0 Å². The molecule has 0 aromatic heterocycles. The highest BCUT2D eigenvalue weighted by Gasteiger charge is 2.30. The number of amides is 1. The Morgan fingerprint density at radius 1 is 1.15 bits per heavy atom. The van der Waals surface area contributed by atoms with E-state index in [1.807, 2.05) is 12.1 Å².